The Labute approximate surface area is 131 Å². The van der Waals surface area contributed by atoms with E-state index in [0.29, 0.717) is 10.7 Å². The summed E-state index contributed by atoms with van der Waals surface area (Å²) in [6, 6.07) is 15.3. The van der Waals surface area contributed by atoms with Crippen LogP contribution in [-0.2, 0) is 4.79 Å². The van der Waals surface area contributed by atoms with Gasteiger partial charge in [0.05, 0.1) is 4.91 Å². The van der Waals surface area contributed by atoms with E-state index in [9.17, 15) is 4.79 Å². The quantitative estimate of drug-likeness (QED) is 0.797. The van der Waals surface area contributed by atoms with E-state index in [2.05, 4.69) is 4.99 Å². The average Bonchev–Trinajstić information content (AvgIpc) is 3.15. The first kappa shape index (κ1) is 13.2. The summed E-state index contributed by atoms with van der Waals surface area (Å²) in [4.78, 5) is 16.8. The lowest BCUT2D eigenvalue weighted by Gasteiger charge is -2.00. The number of thioether (sulfide) groups is 1. The predicted molar refractivity (Wildman–Crippen MR) is 86.1 cm³/mol. The summed E-state index contributed by atoms with van der Waals surface area (Å²) in [7, 11) is 0. The van der Waals surface area contributed by atoms with Gasteiger partial charge in [-0.2, -0.15) is 0 Å². The van der Waals surface area contributed by atoms with Crippen LogP contribution >= 0.6 is 11.8 Å². The van der Waals surface area contributed by atoms with Gasteiger partial charge < -0.3 is 9.47 Å². The van der Waals surface area contributed by atoms with Crippen LogP contribution in [-0.4, -0.2) is 17.7 Å². The van der Waals surface area contributed by atoms with Gasteiger partial charge in [0.15, 0.2) is 11.5 Å². The molecule has 0 radical (unpaired) electrons. The number of aliphatic imine (C=N–C) groups is 1. The number of carbonyl (C=O) groups excluding carboxylic acids is 1. The van der Waals surface area contributed by atoms with Gasteiger partial charge in [0, 0.05) is 5.56 Å². The molecule has 0 saturated heterocycles. The highest BCUT2D eigenvalue weighted by molar-refractivity contribution is 8.19. The van der Waals surface area contributed by atoms with Gasteiger partial charge in [0.25, 0.3) is 5.91 Å². The monoisotopic (exact) mass is 309 g/mol. The fraction of sp³-hybridized carbons (Fsp3) is 0.0588. The van der Waals surface area contributed by atoms with E-state index < -0.39 is 0 Å². The molecule has 0 spiro atoms. The minimum atomic E-state index is -0.207. The molecular formula is C17H11NO3S. The molecule has 5 heteroatoms. The van der Waals surface area contributed by atoms with Crippen LogP contribution < -0.4 is 9.47 Å². The molecule has 0 aliphatic carbocycles. The second-order valence-corrected chi connectivity index (χ2v) is 5.84. The summed E-state index contributed by atoms with van der Waals surface area (Å²) in [5.41, 5.74) is 1.85. The smallest absolute Gasteiger partial charge is 0.284 e. The fourth-order valence-electron chi connectivity index (χ4n) is 2.27. The lowest BCUT2D eigenvalue weighted by molar-refractivity contribution is -0.113. The summed E-state index contributed by atoms with van der Waals surface area (Å²) in [6.45, 7) is 0.240. The number of amides is 1. The fourth-order valence-corrected chi connectivity index (χ4v) is 3.19. The molecule has 2 heterocycles. The first-order chi connectivity index (χ1) is 10.8. The van der Waals surface area contributed by atoms with Crippen molar-refractivity contribution in [2.45, 2.75) is 0 Å². The van der Waals surface area contributed by atoms with E-state index in [1.165, 1.54) is 11.8 Å². The highest BCUT2D eigenvalue weighted by atomic mass is 32.2. The molecular weight excluding hydrogens is 298 g/mol. The maximum Gasteiger partial charge on any atom is 0.284 e. The van der Waals surface area contributed by atoms with Gasteiger partial charge in [-0.15, -0.1) is 0 Å². The van der Waals surface area contributed by atoms with Crippen LogP contribution in [0.1, 0.15) is 11.1 Å². The summed E-state index contributed by atoms with van der Waals surface area (Å²) in [6.07, 6.45) is 1.83. The second-order valence-electron chi connectivity index (χ2n) is 4.81. The third kappa shape index (κ3) is 2.40. The van der Waals surface area contributed by atoms with Crippen molar-refractivity contribution in [3.05, 3.63) is 64.6 Å². The largest absolute Gasteiger partial charge is 0.454 e. The van der Waals surface area contributed by atoms with E-state index in [-0.39, 0.29) is 12.7 Å². The van der Waals surface area contributed by atoms with Crippen LogP contribution in [0.2, 0.25) is 0 Å². The first-order valence-electron chi connectivity index (χ1n) is 6.77. The normalized spacial score (nSPS) is 17.9. The molecule has 2 aliphatic heterocycles. The van der Waals surface area contributed by atoms with Gasteiger partial charge >= 0.3 is 0 Å². The lowest BCUT2D eigenvalue weighted by Crippen LogP contribution is -1.92. The molecule has 0 N–H and O–H groups in total. The molecule has 4 nitrogen and oxygen atoms in total. The molecule has 2 aromatic carbocycles. The maximum atomic E-state index is 12.1. The first-order valence-corrected chi connectivity index (χ1v) is 7.59. The van der Waals surface area contributed by atoms with E-state index in [4.69, 9.17) is 9.47 Å². The van der Waals surface area contributed by atoms with E-state index in [1.807, 2.05) is 54.6 Å². The number of benzene rings is 2. The zero-order valence-corrected chi connectivity index (χ0v) is 12.3. The predicted octanol–water partition coefficient (Wildman–Crippen LogP) is 3.48. The van der Waals surface area contributed by atoms with Crippen LogP contribution in [0.5, 0.6) is 11.5 Å². The zero-order chi connectivity index (χ0) is 14.9. The SMILES string of the molecule is O=C1N=C(c2ccccc2)S/C1=C/c1ccc2c(c1)OCO2. The van der Waals surface area contributed by atoms with Crippen molar-refractivity contribution in [2.24, 2.45) is 4.99 Å². The summed E-state index contributed by atoms with van der Waals surface area (Å²) in [5, 5.41) is 0.734. The number of rotatable bonds is 2. The van der Waals surface area contributed by atoms with Gasteiger partial charge in [-0.25, -0.2) is 4.99 Å². The van der Waals surface area contributed by atoms with E-state index in [1.54, 1.807) is 0 Å². The molecule has 2 aromatic rings. The Balaban J connectivity index is 1.61. The van der Waals surface area contributed by atoms with Gasteiger partial charge in [0.2, 0.25) is 6.79 Å². The van der Waals surface area contributed by atoms with Crippen LogP contribution in [0.4, 0.5) is 0 Å². The standard InChI is InChI=1S/C17H11NO3S/c19-16-15(22-17(18-16)12-4-2-1-3-5-12)9-11-6-7-13-14(8-11)21-10-20-13/h1-9H,10H2/b15-9+. The van der Waals surface area contributed by atoms with Gasteiger partial charge in [-0.1, -0.05) is 48.2 Å². The number of nitrogens with zero attached hydrogens (tertiary/aromatic N) is 1. The molecule has 1 amide bonds. The van der Waals surface area contributed by atoms with Crippen LogP contribution in [0.25, 0.3) is 6.08 Å². The van der Waals surface area contributed by atoms with Crippen molar-refractivity contribution >= 4 is 28.8 Å². The molecule has 0 bridgehead atoms. The molecule has 108 valence electrons. The molecule has 0 unspecified atom stereocenters. The topological polar surface area (TPSA) is 47.9 Å². The molecule has 22 heavy (non-hydrogen) atoms. The molecule has 4 rings (SSSR count). The van der Waals surface area contributed by atoms with Crippen LogP contribution in [0.3, 0.4) is 0 Å². The summed E-state index contributed by atoms with van der Waals surface area (Å²) < 4.78 is 10.6. The van der Waals surface area contributed by atoms with Crippen molar-refractivity contribution < 1.29 is 14.3 Å². The van der Waals surface area contributed by atoms with Crippen molar-refractivity contribution in [3.63, 3.8) is 0 Å². The minimum absolute atomic E-state index is 0.207. The highest BCUT2D eigenvalue weighted by Gasteiger charge is 2.23. The Morgan fingerprint density at radius 2 is 1.86 bits per heavy atom. The van der Waals surface area contributed by atoms with Gasteiger partial charge in [-0.05, 0) is 23.8 Å². The summed E-state index contributed by atoms with van der Waals surface area (Å²) in [5.74, 6) is 1.23. The Hall–Kier alpha value is -2.53. The van der Waals surface area contributed by atoms with E-state index >= 15 is 0 Å². The Kier molecular flexibility index (Phi) is 3.20. The van der Waals surface area contributed by atoms with Crippen molar-refractivity contribution in [2.75, 3.05) is 6.79 Å². The van der Waals surface area contributed by atoms with E-state index in [0.717, 1.165) is 21.9 Å². The zero-order valence-electron chi connectivity index (χ0n) is 11.5. The maximum absolute atomic E-state index is 12.1. The van der Waals surface area contributed by atoms with Gasteiger partial charge in [0.1, 0.15) is 5.04 Å². The van der Waals surface area contributed by atoms with Gasteiger partial charge in [-0.3, -0.25) is 4.79 Å². The second kappa shape index (κ2) is 5.35. The molecule has 0 atom stereocenters. The van der Waals surface area contributed by atoms with Crippen LogP contribution in [0.15, 0.2) is 58.4 Å². The number of hydrogen-bond acceptors (Lipinski definition) is 4. The third-order valence-corrected chi connectivity index (χ3v) is 4.37. The van der Waals surface area contributed by atoms with Crippen molar-refractivity contribution in [1.29, 1.82) is 0 Å². The average molecular weight is 309 g/mol. The number of fused-ring (bicyclic) bond motifs is 1. The molecule has 0 fully saturated rings. The van der Waals surface area contributed by atoms with Crippen molar-refractivity contribution in [3.8, 4) is 11.5 Å². The Morgan fingerprint density at radius 3 is 2.73 bits per heavy atom. The number of ether oxygens (including phenoxy) is 2. The lowest BCUT2D eigenvalue weighted by atomic mass is 10.2. The van der Waals surface area contributed by atoms with Crippen LogP contribution in [0, 0.1) is 0 Å². The Bertz CT molecular complexity index is 812. The number of carbonyl (C=O) groups is 1. The third-order valence-electron chi connectivity index (χ3n) is 3.34. The molecule has 2 aliphatic rings. The highest BCUT2D eigenvalue weighted by Crippen LogP contribution is 2.35. The summed E-state index contributed by atoms with van der Waals surface area (Å²) >= 11 is 1.39. The molecule has 0 saturated carbocycles. The molecule has 0 aromatic heterocycles. The Morgan fingerprint density at radius 1 is 1.05 bits per heavy atom. The minimum Gasteiger partial charge on any atom is -0.454 e. The van der Waals surface area contributed by atoms with Crippen molar-refractivity contribution in [1.82, 2.24) is 0 Å². The number of hydrogen-bond donors (Lipinski definition) is 0.